The molecule has 0 N–H and O–H groups in total. The molecular formula is C55H106O6. The van der Waals surface area contributed by atoms with Crippen LogP contribution in [0.15, 0.2) is 0 Å². The number of unbranched alkanes of at least 4 members (excludes halogenated alkanes) is 36. The minimum atomic E-state index is -0.761. The Morgan fingerprint density at radius 3 is 0.852 bits per heavy atom. The highest BCUT2D eigenvalue weighted by Crippen LogP contribution is 2.18. The second-order valence-electron chi connectivity index (χ2n) is 19.1. The van der Waals surface area contributed by atoms with Gasteiger partial charge in [-0.15, -0.1) is 0 Å². The molecule has 0 bridgehead atoms. The Kier molecular flexibility index (Phi) is 48.1. The first kappa shape index (κ1) is 59.4. The van der Waals surface area contributed by atoms with Gasteiger partial charge in [0.25, 0.3) is 0 Å². The Bertz CT molecular complexity index is 920. The minimum absolute atomic E-state index is 0.0624. The number of carbonyl (C=O) groups excluding carboxylic acids is 3. The van der Waals surface area contributed by atoms with Crippen molar-refractivity contribution in [3.8, 4) is 0 Å². The molecule has 0 saturated carbocycles. The zero-order chi connectivity index (χ0) is 44.5. The van der Waals surface area contributed by atoms with Crippen molar-refractivity contribution >= 4 is 17.9 Å². The van der Waals surface area contributed by atoms with Crippen molar-refractivity contribution in [2.75, 3.05) is 13.2 Å². The summed E-state index contributed by atoms with van der Waals surface area (Å²) in [4.78, 5) is 38.0. The van der Waals surface area contributed by atoms with Crippen molar-refractivity contribution in [1.82, 2.24) is 0 Å². The average molecular weight is 863 g/mol. The molecular weight excluding hydrogens is 757 g/mol. The molecule has 362 valence electrons. The van der Waals surface area contributed by atoms with E-state index in [9.17, 15) is 14.4 Å². The van der Waals surface area contributed by atoms with Gasteiger partial charge in [0.2, 0.25) is 0 Å². The maximum Gasteiger partial charge on any atom is 0.306 e. The monoisotopic (exact) mass is 863 g/mol. The van der Waals surface area contributed by atoms with Crippen LogP contribution in [0.3, 0.4) is 0 Å². The number of ether oxygens (including phenoxy) is 3. The van der Waals surface area contributed by atoms with Crippen molar-refractivity contribution in [3.63, 3.8) is 0 Å². The molecule has 0 aliphatic carbocycles. The first-order chi connectivity index (χ1) is 29.9. The molecule has 0 spiro atoms. The van der Waals surface area contributed by atoms with Crippen LogP contribution in [0.2, 0.25) is 0 Å². The second-order valence-corrected chi connectivity index (χ2v) is 19.1. The lowest BCUT2D eigenvalue weighted by atomic mass is 9.99. The van der Waals surface area contributed by atoms with Crippen LogP contribution >= 0.6 is 0 Å². The van der Waals surface area contributed by atoms with E-state index >= 15 is 0 Å². The Morgan fingerprint density at radius 1 is 0.328 bits per heavy atom. The van der Waals surface area contributed by atoms with E-state index in [-0.39, 0.29) is 31.1 Å². The van der Waals surface area contributed by atoms with Gasteiger partial charge in [-0.3, -0.25) is 14.4 Å². The standard InChI is InChI=1S/C55H106O6/c1-5-8-10-12-14-16-18-20-21-22-24-26-31-35-39-43-47-54(57)60-50-52(49-59-53(56)46-42-38-34-30-25-23-19-17-15-13-11-9-6-2)61-55(58)48-44-40-36-32-28-27-29-33-37-41-45-51(4)7-3/h51-52H,5-50H2,1-4H3/t51?,52-/m0/s1. The quantitative estimate of drug-likeness (QED) is 0.0344. The summed E-state index contributed by atoms with van der Waals surface area (Å²) in [5, 5.41) is 0. The third kappa shape index (κ3) is 47.7. The number of hydrogen-bond donors (Lipinski definition) is 0. The maximum atomic E-state index is 12.8. The van der Waals surface area contributed by atoms with Gasteiger partial charge in [0.1, 0.15) is 13.2 Å². The molecule has 0 heterocycles. The minimum Gasteiger partial charge on any atom is -0.462 e. The summed E-state index contributed by atoms with van der Waals surface area (Å²) in [6.45, 7) is 9.06. The number of rotatable bonds is 50. The largest absolute Gasteiger partial charge is 0.462 e. The third-order valence-corrected chi connectivity index (χ3v) is 12.9. The van der Waals surface area contributed by atoms with Crippen LogP contribution in [0.4, 0.5) is 0 Å². The highest BCUT2D eigenvalue weighted by molar-refractivity contribution is 5.71. The third-order valence-electron chi connectivity index (χ3n) is 12.9. The van der Waals surface area contributed by atoms with Crippen molar-refractivity contribution in [2.45, 2.75) is 316 Å². The Labute approximate surface area is 380 Å². The molecule has 0 amide bonds. The van der Waals surface area contributed by atoms with E-state index in [1.165, 1.54) is 205 Å². The predicted octanol–water partition coefficient (Wildman–Crippen LogP) is 17.8. The fourth-order valence-electron chi connectivity index (χ4n) is 8.36. The van der Waals surface area contributed by atoms with Crippen molar-refractivity contribution in [3.05, 3.63) is 0 Å². The smallest absolute Gasteiger partial charge is 0.306 e. The van der Waals surface area contributed by atoms with Crippen LogP contribution in [0.1, 0.15) is 310 Å². The maximum absolute atomic E-state index is 12.8. The van der Waals surface area contributed by atoms with Crippen LogP contribution in [0.25, 0.3) is 0 Å². The van der Waals surface area contributed by atoms with Gasteiger partial charge >= 0.3 is 17.9 Å². The summed E-state index contributed by atoms with van der Waals surface area (Å²) in [6.07, 6.45) is 52.2. The van der Waals surface area contributed by atoms with E-state index in [2.05, 4.69) is 27.7 Å². The summed E-state index contributed by atoms with van der Waals surface area (Å²) in [5.41, 5.74) is 0. The molecule has 0 aromatic rings. The van der Waals surface area contributed by atoms with Gasteiger partial charge in [0, 0.05) is 19.3 Å². The SMILES string of the molecule is CCCCCCCCCCCCCCCCCCC(=O)OC[C@H](COC(=O)CCCCCCCCCCCCCCC)OC(=O)CCCCCCCCCCCCC(C)CC. The summed E-state index contributed by atoms with van der Waals surface area (Å²) in [6, 6.07) is 0. The second kappa shape index (κ2) is 49.4. The Morgan fingerprint density at radius 2 is 0.574 bits per heavy atom. The van der Waals surface area contributed by atoms with E-state index in [1.807, 2.05) is 0 Å². The molecule has 2 atom stereocenters. The van der Waals surface area contributed by atoms with Gasteiger partial charge in [-0.05, 0) is 25.2 Å². The molecule has 0 aliphatic rings. The van der Waals surface area contributed by atoms with Crippen LogP contribution in [-0.2, 0) is 28.6 Å². The van der Waals surface area contributed by atoms with Gasteiger partial charge < -0.3 is 14.2 Å². The zero-order valence-corrected chi connectivity index (χ0v) is 41.6. The first-order valence-corrected chi connectivity index (χ1v) is 27.4. The zero-order valence-electron chi connectivity index (χ0n) is 41.6. The molecule has 61 heavy (non-hydrogen) atoms. The van der Waals surface area contributed by atoms with E-state index in [0.29, 0.717) is 19.3 Å². The fourth-order valence-corrected chi connectivity index (χ4v) is 8.36. The van der Waals surface area contributed by atoms with Gasteiger partial charge in [0.05, 0.1) is 0 Å². The lowest BCUT2D eigenvalue weighted by Gasteiger charge is -2.18. The van der Waals surface area contributed by atoms with Gasteiger partial charge in [0.15, 0.2) is 6.10 Å². The molecule has 6 nitrogen and oxygen atoms in total. The lowest BCUT2D eigenvalue weighted by molar-refractivity contribution is -0.167. The number of hydrogen-bond acceptors (Lipinski definition) is 6. The van der Waals surface area contributed by atoms with E-state index < -0.39 is 6.10 Å². The van der Waals surface area contributed by atoms with Crippen LogP contribution in [-0.4, -0.2) is 37.2 Å². The molecule has 0 fully saturated rings. The van der Waals surface area contributed by atoms with Crippen molar-refractivity contribution in [1.29, 1.82) is 0 Å². The van der Waals surface area contributed by atoms with E-state index in [4.69, 9.17) is 14.2 Å². The molecule has 0 aliphatic heterocycles. The molecule has 0 saturated heterocycles. The Balaban J connectivity index is 4.31. The van der Waals surface area contributed by atoms with Gasteiger partial charge in [-0.1, -0.05) is 272 Å². The first-order valence-electron chi connectivity index (χ1n) is 27.4. The lowest BCUT2D eigenvalue weighted by Crippen LogP contribution is -2.30. The Hall–Kier alpha value is -1.59. The predicted molar refractivity (Wildman–Crippen MR) is 261 cm³/mol. The molecule has 6 heteroatoms. The molecule has 0 radical (unpaired) electrons. The van der Waals surface area contributed by atoms with Crippen LogP contribution < -0.4 is 0 Å². The summed E-state index contributed by atoms with van der Waals surface area (Å²) >= 11 is 0. The fraction of sp³-hybridized carbons (Fsp3) is 0.945. The number of esters is 3. The summed E-state index contributed by atoms with van der Waals surface area (Å²) in [5.74, 6) is 0.0273. The number of carbonyl (C=O) groups is 3. The normalized spacial score (nSPS) is 12.4. The average Bonchev–Trinajstić information content (AvgIpc) is 3.26. The van der Waals surface area contributed by atoms with Gasteiger partial charge in [-0.2, -0.15) is 0 Å². The molecule has 0 aromatic carbocycles. The van der Waals surface area contributed by atoms with Crippen LogP contribution in [0.5, 0.6) is 0 Å². The molecule has 0 aromatic heterocycles. The highest BCUT2D eigenvalue weighted by Gasteiger charge is 2.19. The highest BCUT2D eigenvalue weighted by atomic mass is 16.6. The van der Waals surface area contributed by atoms with E-state index in [1.54, 1.807) is 0 Å². The summed E-state index contributed by atoms with van der Waals surface area (Å²) in [7, 11) is 0. The summed E-state index contributed by atoms with van der Waals surface area (Å²) < 4.78 is 16.8. The van der Waals surface area contributed by atoms with Gasteiger partial charge in [-0.25, -0.2) is 0 Å². The molecule has 1 unspecified atom stereocenters. The van der Waals surface area contributed by atoms with Crippen LogP contribution in [0, 0.1) is 5.92 Å². The van der Waals surface area contributed by atoms with Crippen molar-refractivity contribution < 1.29 is 28.6 Å². The molecule has 0 rings (SSSR count). The van der Waals surface area contributed by atoms with Crippen molar-refractivity contribution in [2.24, 2.45) is 5.92 Å². The van der Waals surface area contributed by atoms with E-state index in [0.717, 1.165) is 63.7 Å². The topological polar surface area (TPSA) is 78.9 Å².